The molecule has 3 N–H and O–H groups in total. The van der Waals surface area contributed by atoms with Gasteiger partial charge in [-0.05, 0) is 37.7 Å². The lowest BCUT2D eigenvalue weighted by molar-refractivity contribution is 0.313. The molecular formula is C25H29N7. The van der Waals surface area contributed by atoms with Gasteiger partial charge in [-0.25, -0.2) is 4.98 Å². The Morgan fingerprint density at radius 3 is 2.62 bits per heavy atom. The highest BCUT2D eigenvalue weighted by molar-refractivity contribution is 5.96. The fraction of sp³-hybridized carbons (Fsp3) is 0.280. The Labute approximate surface area is 188 Å². The molecular weight excluding hydrogens is 398 g/mol. The van der Waals surface area contributed by atoms with Crippen LogP contribution in [0.2, 0.25) is 0 Å². The van der Waals surface area contributed by atoms with Crippen molar-refractivity contribution >= 4 is 34.4 Å². The zero-order chi connectivity index (χ0) is 21.9. The van der Waals surface area contributed by atoms with E-state index in [1.54, 1.807) is 6.33 Å². The fourth-order valence-electron chi connectivity index (χ4n) is 4.13. The van der Waals surface area contributed by atoms with Crippen LogP contribution >= 0.6 is 0 Å². The molecule has 0 bridgehead atoms. The Morgan fingerprint density at radius 2 is 1.88 bits per heavy atom. The van der Waals surface area contributed by atoms with Crippen LogP contribution in [0.25, 0.3) is 23.1 Å². The van der Waals surface area contributed by atoms with Gasteiger partial charge in [0.1, 0.15) is 0 Å². The van der Waals surface area contributed by atoms with Crippen molar-refractivity contribution in [2.24, 2.45) is 0 Å². The smallest absolute Gasteiger partial charge is 0.0928 e. The van der Waals surface area contributed by atoms with E-state index in [1.165, 1.54) is 5.69 Å². The minimum absolute atomic E-state index is 0.675. The minimum Gasteiger partial charge on any atom is -0.378 e. The van der Waals surface area contributed by atoms with Gasteiger partial charge in [-0.15, -0.1) is 0 Å². The lowest BCUT2D eigenvalue weighted by Crippen LogP contribution is -2.44. The zero-order valence-electron chi connectivity index (χ0n) is 18.6. The van der Waals surface area contributed by atoms with Crippen molar-refractivity contribution in [2.75, 3.05) is 43.4 Å². The normalized spacial score (nSPS) is 15.1. The number of benzene rings is 2. The molecule has 0 spiro atoms. The van der Waals surface area contributed by atoms with Gasteiger partial charge in [0.15, 0.2) is 0 Å². The number of anilines is 2. The van der Waals surface area contributed by atoms with Crippen LogP contribution in [0.3, 0.4) is 0 Å². The molecule has 1 aliphatic heterocycles. The third-order valence-corrected chi connectivity index (χ3v) is 6.17. The summed E-state index contributed by atoms with van der Waals surface area (Å²) in [6.45, 7) is 6.86. The Hall–Kier alpha value is -3.58. The Balaban J connectivity index is 1.49. The van der Waals surface area contributed by atoms with Crippen molar-refractivity contribution in [1.29, 1.82) is 0 Å². The van der Waals surface area contributed by atoms with Crippen LogP contribution in [0.1, 0.15) is 22.6 Å². The summed E-state index contributed by atoms with van der Waals surface area (Å²) >= 11 is 0. The second-order valence-electron chi connectivity index (χ2n) is 8.39. The molecule has 7 heteroatoms. The van der Waals surface area contributed by atoms with Gasteiger partial charge < -0.3 is 20.1 Å². The molecule has 0 atom stereocenters. The number of nitrogens with zero attached hydrogens (tertiary/aromatic N) is 4. The lowest BCUT2D eigenvalue weighted by Gasteiger charge is -2.35. The molecule has 2 aromatic carbocycles. The Bertz CT molecular complexity index is 1210. The zero-order valence-corrected chi connectivity index (χ0v) is 18.6. The average Bonchev–Trinajstić information content (AvgIpc) is 3.42. The van der Waals surface area contributed by atoms with Crippen molar-refractivity contribution < 1.29 is 0 Å². The summed E-state index contributed by atoms with van der Waals surface area (Å²) in [6, 6.07) is 14.8. The van der Waals surface area contributed by atoms with Crippen molar-refractivity contribution in [3.8, 4) is 0 Å². The van der Waals surface area contributed by atoms with Gasteiger partial charge >= 0.3 is 0 Å². The number of hydrogen-bond donors (Lipinski definition) is 3. The van der Waals surface area contributed by atoms with E-state index in [-0.39, 0.29) is 0 Å². The van der Waals surface area contributed by atoms with Crippen molar-refractivity contribution in [3.63, 3.8) is 0 Å². The highest BCUT2D eigenvalue weighted by Crippen LogP contribution is 2.33. The van der Waals surface area contributed by atoms with Gasteiger partial charge in [-0.2, -0.15) is 5.10 Å². The molecule has 1 aliphatic rings. The predicted molar refractivity (Wildman–Crippen MR) is 132 cm³/mol. The minimum atomic E-state index is 0.675. The predicted octanol–water partition coefficient (Wildman–Crippen LogP) is 4.13. The third kappa shape index (κ3) is 4.24. The average molecular weight is 428 g/mol. The number of H-pyrrole nitrogens is 2. The van der Waals surface area contributed by atoms with E-state index in [0.29, 0.717) is 6.54 Å². The molecule has 5 rings (SSSR count). The first-order valence-corrected chi connectivity index (χ1v) is 11.1. The largest absolute Gasteiger partial charge is 0.378 e. The van der Waals surface area contributed by atoms with Gasteiger partial charge in [0.25, 0.3) is 0 Å². The SMILES string of the molecule is Cc1[nH]cnc1CNc1cc2c(C=Cc3ccccc3)n[nH]c2cc1N1CCN(C)CC1. The van der Waals surface area contributed by atoms with Crippen LogP contribution in [0.5, 0.6) is 0 Å². The number of aromatic nitrogens is 4. The summed E-state index contributed by atoms with van der Waals surface area (Å²) in [5, 5.41) is 12.6. The molecule has 0 radical (unpaired) electrons. The maximum absolute atomic E-state index is 4.59. The van der Waals surface area contributed by atoms with Gasteiger partial charge in [-0.3, -0.25) is 5.10 Å². The number of hydrogen-bond acceptors (Lipinski definition) is 5. The molecule has 0 saturated carbocycles. The van der Waals surface area contributed by atoms with Crippen LogP contribution in [0, 0.1) is 6.92 Å². The number of piperazine rings is 1. The molecule has 0 unspecified atom stereocenters. The maximum atomic E-state index is 4.59. The summed E-state index contributed by atoms with van der Waals surface area (Å²) in [5.41, 5.74) is 7.59. The second-order valence-corrected chi connectivity index (χ2v) is 8.39. The Morgan fingerprint density at radius 1 is 1.06 bits per heavy atom. The molecule has 3 heterocycles. The van der Waals surface area contributed by atoms with E-state index in [2.05, 4.69) is 85.7 Å². The highest BCUT2D eigenvalue weighted by Gasteiger charge is 2.19. The van der Waals surface area contributed by atoms with Gasteiger partial charge in [-0.1, -0.05) is 36.4 Å². The van der Waals surface area contributed by atoms with Crippen LogP contribution in [0.4, 0.5) is 11.4 Å². The second kappa shape index (κ2) is 8.88. The number of aromatic amines is 2. The Kier molecular flexibility index (Phi) is 5.64. The van der Waals surface area contributed by atoms with E-state index in [4.69, 9.17) is 0 Å². The topological polar surface area (TPSA) is 75.9 Å². The van der Waals surface area contributed by atoms with Crippen molar-refractivity contribution in [3.05, 3.63) is 71.4 Å². The van der Waals surface area contributed by atoms with Gasteiger partial charge in [0.05, 0.1) is 41.2 Å². The summed E-state index contributed by atoms with van der Waals surface area (Å²) in [6.07, 6.45) is 5.93. The van der Waals surface area contributed by atoms with E-state index < -0.39 is 0 Å². The number of likely N-dealkylation sites (N-methyl/N-ethyl adjacent to an activating group) is 1. The molecule has 4 aromatic rings. The van der Waals surface area contributed by atoms with E-state index in [0.717, 1.165) is 65.4 Å². The van der Waals surface area contributed by atoms with Crippen LogP contribution in [-0.4, -0.2) is 58.3 Å². The third-order valence-electron chi connectivity index (χ3n) is 6.17. The van der Waals surface area contributed by atoms with E-state index >= 15 is 0 Å². The molecule has 2 aromatic heterocycles. The summed E-state index contributed by atoms with van der Waals surface area (Å²) < 4.78 is 0. The quantitative estimate of drug-likeness (QED) is 0.431. The fourth-order valence-corrected chi connectivity index (χ4v) is 4.13. The molecule has 1 fully saturated rings. The van der Waals surface area contributed by atoms with Gasteiger partial charge in [0, 0.05) is 37.3 Å². The monoisotopic (exact) mass is 427 g/mol. The summed E-state index contributed by atoms with van der Waals surface area (Å²) in [7, 11) is 2.18. The van der Waals surface area contributed by atoms with E-state index in [1.807, 2.05) is 18.2 Å². The maximum Gasteiger partial charge on any atom is 0.0928 e. The number of rotatable bonds is 6. The molecule has 32 heavy (non-hydrogen) atoms. The molecule has 0 amide bonds. The van der Waals surface area contributed by atoms with E-state index in [9.17, 15) is 0 Å². The first kappa shape index (κ1) is 20.3. The standard InChI is InChI=1S/C25H29N7/c1-18-24(28-17-27-18)16-26-23-14-20-21(9-8-19-6-4-3-5-7-19)29-30-22(20)15-25(23)32-12-10-31(2)11-13-32/h3-9,14-15,17,26H,10-13,16H2,1-2H3,(H,27,28)(H,29,30). The van der Waals surface area contributed by atoms with Gasteiger partial charge in [0.2, 0.25) is 0 Å². The first-order valence-electron chi connectivity index (χ1n) is 11.1. The summed E-state index contributed by atoms with van der Waals surface area (Å²) in [4.78, 5) is 12.4. The van der Waals surface area contributed by atoms with Crippen molar-refractivity contribution in [1.82, 2.24) is 25.1 Å². The number of imidazole rings is 1. The van der Waals surface area contributed by atoms with Crippen molar-refractivity contribution in [2.45, 2.75) is 13.5 Å². The molecule has 7 nitrogen and oxygen atoms in total. The molecule has 1 saturated heterocycles. The number of nitrogens with one attached hydrogen (secondary N) is 3. The number of aryl methyl sites for hydroxylation is 1. The van der Waals surface area contributed by atoms with Crippen LogP contribution < -0.4 is 10.2 Å². The number of fused-ring (bicyclic) bond motifs is 1. The molecule has 164 valence electrons. The molecule has 0 aliphatic carbocycles. The van der Waals surface area contributed by atoms with Crippen LogP contribution in [-0.2, 0) is 6.54 Å². The first-order chi connectivity index (χ1) is 15.7. The van der Waals surface area contributed by atoms with Crippen LogP contribution in [0.15, 0.2) is 48.8 Å². The lowest BCUT2D eigenvalue weighted by atomic mass is 10.1. The highest BCUT2D eigenvalue weighted by atomic mass is 15.3. The summed E-state index contributed by atoms with van der Waals surface area (Å²) in [5.74, 6) is 0.